The van der Waals surface area contributed by atoms with Crippen molar-refractivity contribution in [3.63, 3.8) is 0 Å². The molecule has 0 unspecified atom stereocenters. The fourth-order valence-corrected chi connectivity index (χ4v) is 2.10. The van der Waals surface area contributed by atoms with Crippen LogP contribution < -0.4 is 4.74 Å². The number of rotatable bonds is 4. The van der Waals surface area contributed by atoms with Crippen LogP contribution in [-0.4, -0.2) is 9.38 Å². The zero-order valence-electron chi connectivity index (χ0n) is 10.9. The Balaban J connectivity index is 1.87. The van der Waals surface area contributed by atoms with E-state index in [9.17, 15) is 0 Å². The largest absolute Gasteiger partial charge is 0.485 e. The van der Waals surface area contributed by atoms with Crippen LogP contribution in [0.5, 0.6) is 5.75 Å². The van der Waals surface area contributed by atoms with Gasteiger partial charge >= 0.3 is 0 Å². The average Bonchev–Trinajstić information content (AvgIpc) is 2.91. The summed E-state index contributed by atoms with van der Waals surface area (Å²) in [5.74, 6) is 0.723. The Morgan fingerprint density at radius 1 is 1.15 bits per heavy atom. The number of hydrogen-bond acceptors (Lipinski definition) is 3. The second kappa shape index (κ2) is 5.45. The third-order valence-electron chi connectivity index (χ3n) is 3.07. The lowest BCUT2D eigenvalue weighted by atomic mass is 10.2. The first-order valence-electron chi connectivity index (χ1n) is 6.37. The third kappa shape index (κ3) is 2.34. The van der Waals surface area contributed by atoms with E-state index in [2.05, 4.69) is 11.1 Å². The lowest BCUT2D eigenvalue weighted by molar-refractivity contribution is 0.308. The van der Waals surface area contributed by atoms with Crippen molar-refractivity contribution in [2.45, 2.75) is 13.0 Å². The van der Waals surface area contributed by atoms with E-state index < -0.39 is 0 Å². The van der Waals surface area contributed by atoms with Gasteiger partial charge in [-0.15, -0.1) is 0 Å². The number of nitrogens with zero attached hydrogens (tertiary/aromatic N) is 3. The maximum atomic E-state index is 8.80. The van der Waals surface area contributed by atoms with Gasteiger partial charge in [0.25, 0.3) is 0 Å². The highest BCUT2D eigenvalue weighted by Gasteiger charge is 2.08. The van der Waals surface area contributed by atoms with E-state index in [4.69, 9.17) is 10.00 Å². The highest BCUT2D eigenvalue weighted by molar-refractivity contribution is 5.54. The van der Waals surface area contributed by atoms with Crippen LogP contribution in [0.1, 0.15) is 11.3 Å². The molecule has 98 valence electrons. The van der Waals surface area contributed by atoms with E-state index in [1.165, 1.54) is 0 Å². The van der Waals surface area contributed by atoms with Gasteiger partial charge in [-0.1, -0.05) is 30.3 Å². The standard InChI is InChI=1S/C16H13N3O/c17-9-8-14-11-18-16-15(7-4-10-19(14)16)20-12-13-5-2-1-3-6-13/h1-7,10-11H,8,12H2. The van der Waals surface area contributed by atoms with Crippen molar-refractivity contribution in [2.75, 3.05) is 0 Å². The van der Waals surface area contributed by atoms with Gasteiger partial charge in [-0.25, -0.2) is 4.98 Å². The van der Waals surface area contributed by atoms with Gasteiger partial charge < -0.3 is 4.74 Å². The van der Waals surface area contributed by atoms with Crippen LogP contribution in [-0.2, 0) is 13.0 Å². The Kier molecular flexibility index (Phi) is 3.34. The molecule has 0 saturated heterocycles. The summed E-state index contributed by atoms with van der Waals surface area (Å²) in [6.07, 6.45) is 3.95. The van der Waals surface area contributed by atoms with E-state index in [1.807, 2.05) is 53.1 Å². The van der Waals surface area contributed by atoms with Crippen molar-refractivity contribution in [2.24, 2.45) is 0 Å². The maximum Gasteiger partial charge on any atom is 0.179 e. The maximum absolute atomic E-state index is 8.80. The number of hydrogen-bond donors (Lipinski definition) is 0. The summed E-state index contributed by atoms with van der Waals surface area (Å²) >= 11 is 0. The van der Waals surface area contributed by atoms with Crippen molar-refractivity contribution in [3.05, 3.63) is 66.1 Å². The number of imidazole rings is 1. The Hall–Kier alpha value is -2.80. The van der Waals surface area contributed by atoms with Crippen molar-refractivity contribution in [1.29, 1.82) is 5.26 Å². The molecule has 0 aliphatic rings. The molecule has 1 aromatic carbocycles. The minimum Gasteiger partial charge on any atom is -0.485 e. The Bertz CT molecular complexity index is 756. The molecule has 2 heterocycles. The number of pyridine rings is 1. The second-order valence-corrected chi connectivity index (χ2v) is 4.42. The summed E-state index contributed by atoms with van der Waals surface area (Å²) < 4.78 is 7.72. The van der Waals surface area contributed by atoms with Gasteiger partial charge in [0.1, 0.15) is 6.61 Å². The molecular weight excluding hydrogens is 250 g/mol. The normalized spacial score (nSPS) is 10.3. The number of benzene rings is 1. The second-order valence-electron chi connectivity index (χ2n) is 4.42. The smallest absolute Gasteiger partial charge is 0.179 e. The van der Waals surface area contributed by atoms with Crippen LogP contribution >= 0.6 is 0 Å². The van der Waals surface area contributed by atoms with Crippen molar-refractivity contribution >= 4 is 5.65 Å². The fourth-order valence-electron chi connectivity index (χ4n) is 2.10. The molecule has 3 rings (SSSR count). The molecule has 4 nitrogen and oxygen atoms in total. The van der Waals surface area contributed by atoms with Gasteiger partial charge in [-0.2, -0.15) is 5.26 Å². The molecule has 0 spiro atoms. The van der Waals surface area contributed by atoms with Gasteiger partial charge in [0.15, 0.2) is 11.4 Å². The first-order valence-corrected chi connectivity index (χ1v) is 6.37. The van der Waals surface area contributed by atoms with Crippen LogP contribution in [0.3, 0.4) is 0 Å². The van der Waals surface area contributed by atoms with Crippen LogP contribution in [0.25, 0.3) is 5.65 Å². The monoisotopic (exact) mass is 263 g/mol. The molecule has 0 fully saturated rings. The van der Waals surface area contributed by atoms with Gasteiger partial charge in [0.2, 0.25) is 0 Å². The molecule has 3 aromatic rings. The van der Waals surface area contributed by atoms with Crippen molar-refractivity contribution in [3.8, 4) is 11.8 Å². The minimum absolute atomic E-state index is 0.337. The molecule has 0 atom stereocenters. The quantitative estimate of drug-likeness (QED) is 0.727. The molecule has 0 radical (unpaired) electrons. The van der Waals surface area contributed by atoms with Crippen LogP contribution in [0.2, 0.25) is 0 Å². The van der Waals surface area contributed by atoms with Gasteiger partial charge in [0, 0.05) is 6.20 Å². The highest BCUT2D eigenvalue weighted by Crippen LogP contribution is 2.20. The Morgan fingerprint density at radius 2 is 2.00 bits per heavy atom. The predicted octanol–water partition coefficient (Wildman–Crippen LogP) is 2.98. The lowest BCUT2D eigenvalue weighted by Crippen LogP contribution is -1.98. The van der Waals surface area contributed by atoms with E-state index in [1.54, 1.807) is 6.20 Å². The zero-order chi connectivity index (χ0) is 13.8. The minimum atomic E-state index is 0.337. The fraction of sp³-hybridized carbons (Fsp3) is 0.125. The summed E-state index contributed by atoms with van der Waals surface area (Å²) in [5.41, 5.74) is 2.72. The summed E-state index contributed by atoms with van der Waals surface area (Å²) in [7, 11) is 0. The van der Waals surface area contributed by atoms with E-state index in [0.29, 0.717) is 13.0 Å². The van der Waals surface area contributed by atoms with Crippen LogP contribution in [0.4, 0.5) is 0 Å². The van der Waals surface area contributed by atoms with E-state index in [0.717, 1.165) is 22.7 Å². The van der Waals surface area contributed by atoms with Crippen molar-refractivity contribution in [1.82, 2.24) is 9.38 Å². The summed E-state index contributed by atoms with van der Waals surface area (Å²) in [5, 5.41) is 8.80. The third-order valence-corrected chi connectivity index (χ3v) is 3.07. The summed E-state index contributed by atoms with van der Waals surface area (Å²) in [4.78, 5) is 4.34. The van der Waals surface area contributed by atoms with Crippen LogP contribution in [0.15, 0.2) is 54.9 Å². The highest BCUT2D eigenvalue weighted by atomic mass is 16.5. The molecule has 0 bridgehead atoms. The molecule has 0 saturated carbocycles. The molecule has 4 heteroatoms. The summed E-state index contributed by atoms with van der Waals surface area (Å²) in [6, 6.07) is 15.9. The average molecular weight is 263 g/mol. The lowest BCUT2D eigenvalue weighted by Gasteiger charge is -2.07. The Labute approximate surface area is 116 Å². The predicted molar refractivity (Wildman–Crippen MR) is 75.3 cm³/mol. The molecule has 0 N–H and O–H groups in total. The molecule has 2 aromatic heterocycles. The number of nitriles is 1. The Morgan fingerprint density at radius 3 is 2.80 bits per heavy atom. The molecule has 0 aliphatic carbocycles. The van der Waals surface area contributed by atoms with Gasteiger partial charge in [0.05, 0.1) is 24.4 Å². The van der Waals surface area contributed by atoms with Crippen LogP contribution in [0, 0.1) is 11.3 Å². The number of aromatic nitrogens is 2. The van der Waals surface area contributed by atoms with E-state index >= 15 is 0 Å². The van der Waals surface area contributed by atoms with Gasteiger partial charge in [-0.3, -0.25) is 4.40 Å². The van der Waals surface area contributed by atoms with E-state index in [-0.39, 0.29) is 0 Å². The first-order chi connectivity index (χ1) is 9.88. The molecular formula is C16H13N3O. The molecule has 0 aliphatic heterocycles. The summed E-state index contributed by atoms with van der Waals surface area (Å²) in [6.45, 7) is 0.501. The first kappa shape index (κ1) is 12.2. The SMILES string of the molecule is N#CCc1cnc2c(OCc3ccccc3)cccn12. The number of fused-ring (bicyclic) bond motifs is 1. The van der Waals surface area contributed by atoms with Crippen molar-refractivity contribution < 1.29 is 4.74 Å². The molecule has 0 amide bonds. The topological polar surface area (TPSA) is 50.3 Å². The molecule has 20 heavy (non-hydrogen) atoms. The zero-order valence-corrected chi connectivity index (χ0v) is 10.9. The van der Waals surface area contributed by atoms with Gasteiger partial charge in [-0.05, 0) is 17.7 Å². The number of ether oxygens (including phenoxy) is 1.